The molecule has 2 bridgehead atoms. The molecule has 154 valence electrons. The molecule has 0 aromatic heterocycles. The van der Waals surface area contributed by atoms with E-state index in [4.69, 9.17) is 9.47 Å². The van der Waals surface area contributed by atoms with Gasteiger partial charge in [0.1, 0.15) is 11.5 Å². The fraction of sp³-hybridized carbons (Fsp3) is 0.360. The van der Waals surface area contributed by atoms with Crippen LogP contribution in [0.4, 0.5) is 0 Å². The topological polar surface area (TPSA) is 55.8 Å². The predicted octanol–water partition coefficient (Wildman–Crippen LogP) is 3.51. The molecular weight excluding hydrogens is 378 g/mol. The number of likely N-dealkylation sites (tertiary alicyclic amines) is 1. The van der Waals surface area contributed by atoms with E-state index in [1.54, 1.807) is 0 Å². The monoisotopic (exact) mass is 403 g/mol. The molecule has 2 fully saturated rings. The van der Waals surface area contributed by atoms with Gasteiger partial charge in [-0.15, -0.1) is 0 Å². The Morgan fingerprint density at radius 1 is 1.13 bits per heavy atom. The van der Waals surface area contributed by atoms with Crippen molar-refractivity contribution in [2.24, 2.45) is 11.8 Å². The SMILES string of the molecule is CCCOC(=O)[C@@H]1[C@@H]2C=C[C@@]3(CN(C(c4ccccc4)c4ccccc4)C(=O)[C@H]13)O2. The van der Waals surface area contributed by atoms with E-state index in [-0.39, 0.29) is 24.0 Å². The minimum Gasteiger partial charge on any atom is -0.465 e. The number of benzene rings is 2. The normalized spacial score (nSPS) is 28.9. The Balaban J connectivity index is 1.52. The summed E-state index contributed by atoms with van der Waals surface area (Å²) in [6, 6.07) is 19.8. The second-order valence-corrected chi connectivity index (χ2v) is 8.26. The van der Waals surface area contributed by atoms with Gasteiger partial charge in [-0.1, -0.05) is 79.7 Å². The quantitative estimate of drug-likeness (QED) is 0.547. The van der Waals surface area contributed by atoms with Crippen LogP contribution < -0.4 is 0 Å². The van der Waals surface area contributed by atoms with E-state index in [2.05, 4.69) is 0 Å². The lowest BCUT2D eigenvalue weighted by molar-refractivity contribution is -0.154. The zero-order valence-electron chi connectivity index (χ0n) is 16.9. The summed E-state index contributed by atoms with van der Waals surface area (Å²) in [7, 11) is 0. The fourth-order valence-electron chi connectivity index (χ4n) is 5.14. The van der Waals surface area contributed by atoms with Crippen LogP contribution in [-0.4, -0.2) is 41.6 Å². The molecule has 3 aliphatic heterocycles. The predicted molar refractivity (Wildman–Crippen MR) is 111 cm³/mol. The largest absolute Gasteiger partial charge is 0.465 e. The molecule has 2 saturated heterocycles. The van der Waals surface area contributed by atoms with Crippen LogP contribution in [0.25, 0.3) is 0 Å². The number of esters is 1. The Kier molecular flexibility index (Phi) is 4.70. The van der Waals surface area contributed by atoms with Gasteiger partial charge in [-0.05, 0) is 17.5 Å². The Morgan fingerprint density at radius 3 is 2.37 bits per heavy atom. The van der Waals surface area contributed by atoms with Gasteiger partial charge in [0.25, 0.3) is 0 Å². The van der Waals surface area contributed by atoms with Gasteiger partial charge in [0.15, 0.2) is 0 Å². The summed E-state index contributed by atoms with van der Waals surface area (Å²) in [4.78, 5) is 28.4. The molecule has 5 rings (SSSR count). The summed E-state index contributed by atoms with van der Waals surface area (Å²) in [5, 5.41) is 0. The van der Waals surface area contributed by atoms with E-state index >= 15 is 0 Å². The molecule has 0 N–H and O–H groups in total. The van der Waals surface area contributed by atoms with E-state index in [9.17, 15) is 9.59 Å². The van der Waals surface area contributed by atoms with E-state index < -0.39 is 17.4 Å². The third-order valence-corrected chi connectivity index (χ3v) is 6.39. The average Bonchev–Trinajstić information content (AvgIpc) is 3.42. The van der Waals surface area contributed by atoms with Crippen LogP contribution in [-0.2, 0) is 19.1 Å². The summed E-state index contributed by atoms with van der Waals surface area (Å²) >= 11 is 0. The molecule has 1 amide bonds. The minimum atomic E-state index is -0.751. The second-order valence-electron chi connectivity index (χ2n) is 8.26. The Labute approximate surface area is 176 Å². The number of amides is 1. The van der Waals surface area contributed by atoms with Crippen LogP contribution in [0.2, 0.25) is 0 Å². The summed E-state index contributed by atoms with van der Waals surface area (Å²) in [6.07, 6.45) is 4.28. The van der Waals surface area contributed by atoms with E-state index in [0.717, 1.165) is 17.5 Å². The smallest absolute Gasteiger partial charge is 0.312 e. The first-order valence-corrected chi connectivity index (χ1v) is 10.6. The lowest BCUT2D eigenvalue weighted by atomic mass is 9.77. The standard InChI is InChI=1S/C25H25NO4/c1-2-15-29-24(28)20-19-13-14-25(30-19)16-26(23(27)21(20)25)22(17-9-5-3-6-10-17)18-11-7-4-8-12-18/h3-14,19-22H,2,15-16H2,1H3/t19-,20+,21-,25-/m0/s1. The maximum Gasteiger partial charge on any atom is 0.312 e. The number of rotatable bonds is 6. The molecule has 5 heteroatoms. The highest BCUT2D eigenvalue weighted by atomic mass is 16.6. The molecule has 30 heavy (non-hydrogen) atoms. The first kappa shape index (κ1) is 19.1. The van der Waals surface area contributed by atoms with Crippen LogP contribution in [0.15, 0.2) is 72.8 Å². The molecule has 4 atom stereocenters. The van der Waals surface area contributed by atoms with Gasteiger partial charge in [-0.3, -0.25) is 9.59 Å². The van der Waals surface area contributed by atoms with Crippen LogP contribution in [0.5, 0.6) is 0 Å². The molecule has 3 aliphatic rings. The third kappa shape index (κ3) is 2.88. The summed E-state index contributed by atoms with van der Waals surface area (Å²) in [5.74, 6) is -1.49. The summed E-state index contributed by atoms with van der Waals surface area (Å²) < 4.78 is 11.7. The van der Waals surface area contributed by atoms with Crippen LogP contribution in [0.3, 0.4) is 0 Å². The van der Waals surface area contributed by atoms with Gasteiger partial charge in [0, 0.05) is 0 Å². The van der Waals surface area contributed by atoms with Crippen LogP contribution in [0.1, 0.15) is 30.5 Å². The highest BCUT2D eigenvalue weighted by Gasteiger charge is 2.68. The molecule has 0 aliphatic carbocycles. The summed E-state index contributed by atoms with van der Waals surface area (Å²) in [5.41, 5.74) is 1.33. The Morgan fingerprint density at radius 2 is 1.77 bits per heavy atom. The van der Waals surface area contributed by atoms with Crippen molar-refractivity contribution in [3.63, 3.8) is 0 Å². The molecule has 2 aromatic rings. The van der Waals surface area contributed by atoms with Gasteiger partial charge < -0.3 is 14.4 Å². The molecule has 1 spiro atoms. The molecule has 3 heterocycles. The Bertz CT molecular complexity index is 934. The minimum absolute atomic E-state index is 0.0435. The number of carbonyl (C=O) groups is 2. The van der Waals surface area contributed by atoms with Crippen molar-refractivity contribution in [3.05, 3.63) is 83.9 Å². The molecule has 0 radical (unpaired) electrons. The van der Waals surface area contributed by atoms with Crippen molar-refractivity contribution in [2.75, 3.05) is 13.2 Å². The number of nitrogens with zero attached hydrogens (tertiary/aromatic N) is 1. The van der Waals surface area contributed by atoms with Crippen molar-refractivity contribution >= 4 is 11.9 Å². The highest BCUT2D eigenvalue weighted by molar-refractivity contribution is 5.91. The number of carbonyl (C=O) groups excluding carboxylic acids is 2. The number of ether oxygens (including phenoxy) is 2. The van der Waals surface area contributed by atoms with Gasteiger partial charge in [0.2, 0.25) is 5.91 Å². The maximum atomic E-state index is 13.8. The summed E-state index contributed by atoms with van der Waals surface area (Å²) in [6.45, 7) is 2.74. The first-order chi connectivity index (χ1) is 14.6. The first-order valence-electron chi connectivity index (χ1n) is 10.6. The van der Waals surface area contributed by atoms with Crippen molar-refractivity contribution in [1.82, 2.24) is 4.90 Å². The van der Waals surface area contributed by atoms with Gasteiger partial charge in [-0.2, -0.15) is 0 Å². The van der Waals surface area contributed by atoms with Crippen molar-refractivity contribution in [1.29, 1.82) is 0 Å². The Hall–Kier alpha value is -2.92. The van der Waals surface area contributed by atoms with Crippen molar-refractivity contribution in [2.45, 2.75) is 31.1 Å². The van der Waals surface area contributed by atoms with Gasteiger partial charge in [-0.25, -0.2) is 0 Å². The third-order valence-electron chi connectivity index (χ3n) is 6.39. The van der Waals surface area contributed by atoms with Crippen molar-refractivity contribution < 1.29 is 19.1 Å². The van der Waals surface area contributed by atoms with Crippen LogP contribution >= 0.6 is 0 Å². The average molecular weight is 403 g/mol. The maximum absolute atomic E-state index is 13.8. The number of fused-ring (bicyclic) bond motifs is 1. The van der Waals surface area contributed by atoms with E-state index in [0.29, 0.717) is 13.2 Å². The van der Waals surface area contributed by atoms with Crippen LogP contribution in [0, 0.1) is 11.8 Å². The second kappa shape index (κ2) is 7.40. The molecule has 5 nitrogen and oxygen atoms in total. The number of hydrogen-bond donors (Lipinski definition) is 0. The lowest BCUT2D eigenvalue weighted by Crippen LogP contribution is -2.40. The molecular formula is C25H25NO4. The van der Waals surface area contributed by atoms with Gasteiger partial charge >= 0.3 is 5.97 Å². The zero-order chi connectivity index (χ0) is 20.7. The van der Waals surface area contributed by atoms with Gasteiger partial charge in [0.05, 0.1) is 31.2 Å². The van der Waals surface area contributed by atoms with E-state index in [1.807, 2.05) is 84.6 Å². The zero-order valence-corrected chi connectivity index (χ0v) is 16.9. The molecule has 2 aromatic carbocycles. The lowest BCUT2D eigenvalue weighted by Gasteiger charge is -2.31. The van der Waals surface area contributed by atoms with Crippen molar-refractivity contribution in [3.8, 4) is 0 Å². The molecule has 0 unspecified atom stereocenters. The van der Waals surface area contributed by atoms with E-state index in [1.165, 1.54) is 0 Å². The number of hydrogen-bond acceptors (Lipinski definition) is 4. The highest BCUT2D eigenvalue weighted by Crippen LogP contribution is 2.54. The molecule has 0 saturated carbocycles. The fourth-order valence-corrected chi connectivity index (χ4v) is 5.14.